The highest BCUT2D eigenvalue weighted by atomic mass is 32.1. The van der Waals surface area contributed by atoms with E-state index >= 15 is 0 Å². The Hall–Kier alpha value is -2.34. The second kappa shape index (κ2) is 9.04. The summed E-state index contributed by atoms with van der Waals surface area (Å²) in [4.78, 5) is 28.0. The van der Waals surface area contributed by atoms with Crippen molar-refractivity contribution in [2.75, 3.05) is 13.1 Å². The van der Waals surface area contributed by atoms with Gasteiger partial charge in [0.05, 0.1) is 6.04 Å². The van der Waals surface area contributed by atoms with E-state index in [1.165, 1.54) is 0 Å². The molecule has 2 aromatic rings. The van der Waals surface area contributed by atoms with Crippen molar-refractivity contribution in [1.29, 1.82) is 0 Å². The van der Waals surface area contributed by atoms with Crippen LogP contribution in [0.15, 0.2) is 47.8 Å². The van der Waals surface area contributed by atoms with Crippen molar-refractivity contribution < 1.29 is 9.59 Å². The average molecular weight is 386 g/mol. The quantitative estimate of drug-likeness (QED) is 0.823. The Kier molecular flexibility index (Phi) is 6.50. The summed E-state index contributed by atoms with van der Waals surface area (Å²) in [6, 6.07) is 14.1. The van der Waals surface area contributed by atoms with E-state index in [4.69, 9.17) is 0 Å². The molecule has 0 radical (unpaired) electrons. The number of hydrogen-bond donors (Lipinski definition) is 2. The first-order valence-electron chi connectivity index (χ1n) is 9.48. The second-order valence-corrected chi connectivity index (χ2v) is 8.21. The Bertz CT molecular complexity index is 738. The fourth-order valence-electron chi connectivity index (χ4n) is 3.36. The summed E-state index contributed by atoms with van der Waals surface area (Å²) in [5.41, 5.74) is 1.09. The number of carbonyl (C=O) groups excluding carboxylic acids is 2. The molecule has 5 nitrogen and oxygen atoms in total. The monoisotopic (exact) mass is 385 g/mol. The molecule has 2 N–H and O–H groups in total. The number of nitrogens with zero attached hydrogens (tertiary/aromatic N) is 1. The van der Waals surface area contributed by atoms with Crippen LogP contribution in [-0.4, -0.2) is 36.0 Å². The van der Waals surface area contributed by atoms with E-state index in [0.717, 1.165) is 10.4 Å². The average Bonchev–Trinajstić information content (AvgIpc) is 3.20. The van der Waals surface area contributed by atoms with E-state index in [1.54, 1.807) is 16.2 Å². The highest BCUT2D eigenvalue weighted by molar-refractivity contribution is 7.10. The Morgan fingerprint density at radius 2 is 1.74 bits per heavy atom. The number of thiophene rings is 1. The Labute approximate surface area is 164 Å². The standard InChI is InChI=1S/C21H27N3O2S/c1-15(2)22-21(26)24-12-10-17(11-13-24)20(25)23-19(18-9-6-14-27-18)16-7-4-3-5-8-16/h3-9,14-15,17,19H,10-13H2,1-2H3,(H,22,26)(H,23,25)/t19-/m0/s1. The number of hydrogen-bond acceptors (Lipinski definition) is 3. The van der Waals surface area contributed by atoms with E-state index in [2.05, 4.69) is 16.7 Å². The lowest BCUT2D eigenvalue weighted by Gasteiger charge is -2.32. The van der Waals surface area contributed by atoms with Crippen LogP contribution in [0, 0.1) is 5.92 Å². The van der Waals surface area contributed by atoms with E-state index in [-0.39, 0.29) is 29.9 Å². The van der Waals surface area contributed by atoms with E-state index in [0.29, 0.717) is 25.9 Å². The van der Waals surface area contributed by atoms with Crippen molar-refractivity contribution in [2.45, 2.75) is 38.8 Å². The molecule has 0 unspecified atom stereocenters. The van der Waals surface area contributed by atoms with Gasteiger partial charge in [0.25, 0.3) is 0 Å². The molecule has 0 saturated carbocycles. The summed E-state index contributed by atoms with van der Waals surface area (Å²) < 4.78 is 0. The number of likely N-dealkylation sites (tertiary alicyclic amines) is 1. The second-order valence-electron chi connectivity index (χ2n) is 7.23. The molecule has 1 atom stereocenters. The molecule has 1 aliphatic rings. The number of nitrogens with one attached hydrogen (secondary N) is 2. The van der Waals surface area contributed by atoms with Crippen LogP contribution in [0.1, 0.15) is 43.2 Å². The molecule has 3 rings (SSSR count). The Balaban J connectivity index is 1.61. The molecule has 1 aliphatic heterocycles. The zero-order chi connectivity index (χ0) is 19.2. The summed E-state index contributed by atoms with van der Waals surface area (Å²) in [6.45, 7) is 5.13. The number of rotatable bonds is 5. The van der Waals surface area contributed by atoms with Gasteiger partial charge in [-0.05, 0) is 43.7 Å². The molecule has 0 bridgehead atoms. The van der Waals surface area contributed by atoms with Crippen LogP contribution in [0.5, 0.6) is 0 Å². The largest absolute Gasteiger partial charge is 0.344 e. The maximum absolute atomic E-state index is 12.9. The maximum atomic E-state index is 12.9. The Morgan fingerprint density at radius 1 is 1.04 bits per heavy atom. The smallest absolute Gasteiger partial charge is 0.317 e. The molecular formula is C21H27N3O2S. The van der Waals surface area contributed by atoms with Crippen LogP contribution in [0.25, 0.3) is 0 Å². The third-order valence-electron chi connectivity index (χ3n) is 4.81. The Morgan fingerprint density at radius 3 is 2.33 bits per heavy atom. The minimum Gasteiger partial charge on any atom is -0.344 e. The van der Waals surface area contributed by atoms with Gasteiger partial charge in [-0.25, -0.2) is 4.79 Å². The van der Waals surface area contributed by atoms with Gasteiger partial charge in [0.1, 0.15) is 0 Å². The normalized spacial score (nSPS) is 16.2. The van der Waals surface area contributed by atoms with Crippen LogP contribution in [0.2, 0.25) is 0 Å². The lowest BCUT2D eigenvalue weighted by Crippen LogP contribution is -2.48. The number of urea groups is 1. The van der Waals surface area contributed by atoms with Crippen LogP contribution in [-0.2, 0) is 4.79 Å². The van der Waals surface area contributed by atoms with Gasteiger partial charge in [-0.3, -0.25) is 4.79 Å². The molecule has 1 aromatic heterocycles. The van der Waals surface area contributed by atoms with Crippen LogP contribution < -0.4 is 10.6 Å². The first-order valence-corrected chi connectivity index (χ1v) is 10.4. The molecule has 144 valence electrons. The molecule has 6 heteroatoms. The summed E-state index contributed by atoms with van der Waals surface area (Å²) in [6.07, 6.45) is 1.40. The van der Waals surface area contributed by atoms with Gasteiger partial charge in [0.15, 0.2) is 0 Å². The van der Waals surface area contributed by atoms with Crippen molar-refractivity contribution >= 4 is 23.3 Å². The van der Waals surface area contributed by atoms with Gasteiger partial charge in [-0.2, -0.15) is 0 Å². The molecule has 1 aromatic carbocycles. The van der Waals surface area contributed by atoms with Gasteiger partial charge < -0.3 is 15.5 Å². The van der Waals surface area contributed by atoms with Crippen molar-refractivity contribution in [3.8, 4) is 0 Å². The maximum Gasteiger partial charge on any atom is 0.317 e. The minimum atomic E-state index is -0.124. The van der Waals surface area contributed by atoms with Gasteiger partial charge in [0, 0.05) is 29.9 Å². The van der Waals surface area contributed by atoms with Gasteiger partial charge in [-0.15, -0.1) is 11.3 Å². The number of piperidine rings is 1. The highest BCUT2D eigenvalue weighted by Gasteiger charge is 2.29. The van der Waals surface area contributed by atoms with E-state index < -0.39 is 0 Å². The van der Waals surface area contributed by atoms with Crippen LogP contribution >= 0.6 is 11.3 Å². The molecule has 1 saturated heterocycles. The van der Waals surface area contributed by atoms with Crippen molar-refractivity contribution in [1.82, 2.24) is 15.5 Å². The lowest BCUT2D eigenvalue weighted by molar-refractivity contribution is -0.126. The summed E-state index contributed by atoms with van der Waals surface area (Å²) in [5, 5.41) is 8.18. The molecule has 2 heterocycles. The van der Waals surface area contributed by atoms with Gasteiger partial charge in [0.2, 0.25) is 5.91 Å². The summed E-state index contributed by atoms with van der Waals surface area (Å²) in [5.74, 6) is 0.0143. The number of carbonyl (C=O) groups is 2. The predicted molar refractivity (Wildman–Crippen MR) is 109 cm³/mol. The van der Waals surface area contributed by atoms with Gasteiger partial charge in [-0.1, -0.05) is 36.4 Å². The van der Waals surface area contributed by atoms with Crippen LogP contribution in [0.4, 0.5) is 4.79 Å². The lowest BCUT2D eigenvalue weighted by atomic mass is 9.95. The highest BCUT2D eigenvalue weighted by Crippen LogP contribution is 2.27. The molecule has 1 fully saturated rings. The zero-order valence-electron chi connectivity index (χ0n) is 15.9. The fourth-order valence-corrected chi connectivity index (χ4v) is 4.17. The van der Waals surface area contributed by atoms with Crippen LogP contribution in [0.3, 0.4) is 0 Å². The molecule has 27 heavy (non-hydrogen) atoms. The van der Waals surface area contributed by atoms with Crippen molar-refractivity contribution in [3.63, 3.8) is 0 Å². The number of benzene rings is 1. The van der Waals surface area contributed by atoms with Gasteiger partial charge >= 0.3 is 6.03 Å². The SMILES string of the molecule is CC(C)NC(=O)N1CCC(C(=O)N[C@@H](c2ccccc2)c2cccs2)CC1. The summed E-state index contributed by atoms with van der Waals surface area (Å²) in [7, 11) is 0. The van der Waals surface area contributed by atoms with Crippen molar-refractivity contribution in [3.05, 3.63) is 58.3 Å². The molecule has 0 aliphatic carbocycles. The number of amides is 3. The van der Waals surface area contributed by atoms with E-state index in [1.807, 2.05) is 55.6 Å². The predicted octanol–water partition coefficient (Wildman–Crippen LogP) is 3.78. The third-order valence-corrected chi connectivity index (χ3v) is 5.75. The first kappa shape index (κ1) is 19.4. The first-order chi connectivity index (χ1) is 13.0. The zero-order valence-corrected chi connectivity index (χ0v) is 16.7. The third kappa shape index (κ3) is 5.10. The van der Waals surface area contributed by atoms with E-state index in [9.17, 15) is 9.59 Å². The fraction of sp³-hybridized carbons (Fsp3) is 0.429. The summed E-state index contributed by atoms with van der Waals surface area (Å²) >= 11 is 1.65. The van der Waals surface area contributed by atoms with Crippen molar-refractivity contribution in [2.24, 2.45) is 5.92 Å². The molecular weight excluding hydrogens is 358 g/mol. The topological polar surface area (TPSA) is 61.4 Å². The minimum absolute atomic E-state index is 0.0374. The molecule has 0 spiro atoms. The molecule has 3 amide bonds.